The molecule has 1 saturated heterocycles. The van der Waals surface area contributed by atoms with E-state index >= 15 is 0 Å². The van der Waals surface area contributed by atoms with Gasteiger partial charge in [0.1, 0.15) is 0 Å². The van der Waals surface area contributed by atoms with Crippen molar-refractivity contribution in [1.82, 2.24) is 5.32 Å². The van der Waals surface area contributed by atoms with E-state index in [1.807, 2.05) is 42.5 Å². The lowest BCUT2D eigenvalue weighted by molar-refractivity contribution is -0.120. The van der Waals surface area contributed by atoms with E-state index in [-0.39, 0.29) is 23.9 Å². The van der Waals surface area contributed by atoms with Gasteiger partial charge in [-0.3, -0.25) is 4.79 Å². The Bertz CT molecular complexity index is 1170. The molecule has 1 amide bonds. The molecule has 1 heterocycles. The minimum atomic E-state index is -0.986. The molecule has 0 spiro atoms. The molecule has 0 bridgehead atoms. The van der Waals surface area contributed by atoms with E-state index in [9.17, 15) is 9.59 Å². The zero-order chi connectivity index (χ0) is 24.9. The third-order valence-corrected chi connectivity index (χ3v) is 6.75. The first-order valence-corrected chi connectivity index (χ1v) is 12.4. The molecular formula is C29H31ClN2O3. The summed E-state index contributed by atoms with van der Waals surface area (Å²) >= 11 is 6.47. The second-order valence-corrected chi connectivity index (χ2v) is 10.1. The van der Waals surface area contributed by atoms with Gasteiger partial charge >= 0.3 is 5.97 Å². The van der Waals surface area contributed by atoms with Crippen LogP contribution in [0, 0.1) is 11.8 Å². The standard InChI is InChI=1S/C29H31ClN2O3/c1-19-14-20(2)18-32(17-19)26-13-12-24(30)16-25(26)28(22-6-4-3-5-7-22)31-27(33)15-21-8-10-23(11-9-21)29(34)35/h3-13,16,19-20,28H,14-15,17-18H2,1-2H3,(H,31,33)(H,34,35)/t19-,20+,28?. The molecule has 1 unspecified atom stereocenters. The van der Waals surface area contributed by atoms with Crippen molar-refractivity contribution in [2.75, 3.05) is 18.0 Å². The average Bonchev–Trinajstić information content (AvgIpc) is 2.83. The Balaban J connectivity index is 1.65. The van der Waals surface area contributed by atoms with Crippen LogP contribution in [0.5, 0.6) is 0 Å². The van der Waals surface area contributed by atoms with Crippen molar-refractivity contribution in [2.24, 2.45) is 11.8 Å². The number of carboxylic acids is 1. The van der Waals surface area contributed by atoms with Crippen molar-refractivity contribution in [3.05, 3.63) is 100 Å². The quantitative estimate of drug-likeness (QED) is 0.428. The summed E-state index contributed by atoms with van der Waals surface area (Å²) in [5.41, 5.74) is 3.99. The van der Waals surface area contributed by atoms with Crippen molar-refractivity contribution >= 4 is 29.2 Å². The van der Waals surface area contributed by atoms with Crippen LogP contribution in [0.2, 0.25) is 5.02 Å². The molecule has 3 atom stereocenters. The Labute approximate surface area is 211 Å². The monoisotopic (exact) mass is 490 g/mol. The Hall–Kier alpha value is -3.31. The number of amides is 1. The summed E-state index contributed by atoms with van der Waals surface area (Å²) in [6.45, 7) is 6.49. The van der Waals surface area contributed by atoms with Crippen LogP contribution < -0.4 is 10.2 Å². The normalized spacial score (nSPS) is 18.7. The third-order valence-electron chi connectivity index (χ3n) is 6.51. The summed E-state index contributed by atoms with van der Waals surface area (Å²) in [6, 6.07) is 21.9. The average molecular weight is 491 g/mol. The maximum atomic E-state index is 13.2. The minimum Gasteiger partial charge on any atom is -0.478 e. The predicted molar refractivity (Wildman–Crippen MR) is 140 cm³/mol. The van der Waals surface area contributed by atoms with E-state index in [1.165, 1.54) is 18.6 Å². The minimum absolute atomic E-state index is 0.145. The fourth-order valence-electron chi connectivity index (χ4n) is 5.05. The van der Waals surface area contributed by atoms with Crippen LogP contribution in [-0.4, -0.2) is 30.1 Å². The van der Waals surface area contributed by atoms with Crippen molar-refractivity contribution in [3.63, 3.8) is 0 Å². The first kappa shape index (κ1) is 24.8. The number of carboxylic acid groups (broad SMARTS) is 1. The first-order chi connectivity index (χ1) is 16.8. The smallest absolute Gasteiger partial charge is 0.335 e. The molecule has 0 aromatic heterocycles. The summed E-state index contributed by atoms with van der Waals surface area (Å²) in [7, 11) is 0. The van der Waals surface area contributed by atoms with Gasteiger partial charge in [-0.15, -0.1) is 0 Å². The van der Waals surface area contributed by atoms with Gasteiger partial charge in [0.25, 0.3) is 0 Å². The first-order valence-electron chi connectivity index (χ1n) is 12.0. The van der Waals surface area contributed by atoms with E-state index in [0.29, 0.717) is 16.9 Å². The number of benzene rings is 3. The Morgan fingerprint density at radius 1 is 1.00 bits per heavy atom. The van der Waals surface area contributed by atoms with E-state index in [0.717, 1.165) is 35.5 Å². The van der Waals surface area contributed by atoms with Crippen molar-refractivity contribution < 1.29 is 14.7 Å². The van der Waals surface area contributed by atoms with E-state index in [4.69, 9.17) is 16.7 Å². The predicted octanol–water partition coefficient (Wildman–Crippen LogP) is 5.97. The Kier molecular flexibility index (Phi) is 7.76. The highest BCUT2D eigenvalue weighted by Crippen LogP contribution is 2.36. The molecule has 35 heavy (non-hydrogen) atoms. The molecule has 2 N–H and O–H groups in total. The van der Waals surface area contributed by atoms with Crippen LogP contribution in [0.1, 0.15) is 53.4 Å². The molecule has 1 fully saturated rings. The Morgan fingerprint density at radius 3 is 2.29 bits per heavy atom. The molecule has 0 aliphatic carbocycles. The highest BCUT2D eigenvalue weighted by molar-refractivity contribution is 6.30. The van der Waals surface area contributed by atoms with Gasteiger partial charge in [-0.2, -0.15) is 0 Å². The number of rotatable bonds is 7. The number of hydrogen-bond donors (Lipinski definition) is 2. The van der Waals surface area contributed by atoms with Crippen molar-refractivity contribution in [1.29, 1.82) is 0 Å². The fourth-order valence-corrected chi connectivity index (χ4v) is 5.23. The molecule has 4 rings (SSSR count). The van der Waals surface area contributed by atoms with Gasteiger partial charge in [-0.1, -0.05) is 67.9 Å². The van der Waals surface area contributed by atoms with Gasteiger partial charge < -0.3 is 15.3 Å². The topological polar surface area (TPSA) is 69.6 Å². The van der Waals surface area contributed by atoms with Gasteiger partial charge in [0.2, 0.25) is 5.91 Å². The van der Waals surface area contributed by atoms with Gasteiger partial charge in [0.15, 0.2) is 0 Å². The van der Waals surface area contributed by atoms with E-state index in [1.54, 1.807) is 12.1 Å². The lowest BCUT2D eigenvalue weighted by atomic mass is 9.89. The zero-order valence-corrected chi connectivity index (χ0v) is 20.8. The number of nitrogens with one attached hydrogen (secondary N) is 1. The van der Waals surface area contributed by atoms with Crippen LogP contribution in [0.15, 0.2) is 72.8 Å². The highest BCUT2D eigenvalue weighted by atomic mass is 35.5. The summed E-state index contributed by atoms with van der Waals surface area (Å²) in [6.07, 6.45) is 1.36. The molecule has 1 aliphatic heterocycles. The highest BCUT2D eigenvalue weighted by Gasteiger charge is 2.27. The molecule has 6 heteroatoms. The summed E-state index contributed by atoms with van der Waals surface area (Å²) in [4.78, 5) is 26.7. The molecule has 3 aromatic carbocycles. The number of aromatic carboxylic acids is 1. The third kappa shape index (κ3) is 6.23. The summed E-state index contributed by atoms with van der Waals surface area (Å²) < 4.78 is 0. The van der Waals surface area contributed by atoms with Crippen LogP contribution in [0.4, 0.5) is 5.69 Å². The molecule has 3 aromatic rings. The SMILES string of the molecule is C[C@@H]1C[C@H](C)CN(c2ccc(Cl)cc2C(NC(=O)Cc2ccc(C(=O)O)cc2)c2ccccc2)C1. The number of carbonyl (C=O) groups excluding carboxylic acids is 1. The molecule has 182 valence electrons. The van der Waals surface area contributed by atoms with Crippen molar-refractivity contribution in [2.45, 2.75) is 32.7 Å². The fraction of sp³-hybridized carbons (Fsp3) is 0.310. The second kappa shape index (κ2) is 11.0. The number of anilines is 1. The number of carbonyl (C=O) groups is 2. The number of halogens is 1. The number of nitrogens with zero attached hydrogens (tertiary/aromatic N) is 1. The van der Waals surface area contributed by atoms with Crippen LogP contribution in [-0.2, 0) is 11.2 Å². The zero-order valence-electron chi connectivity index (χ0n) is 20.1. The second-order valence-electron chi connectivity index (χ2n) is 9.64. The molecule has 0 saturated carbocycles. The van der Waals surface area contributed by atoms with Crippen LogP contribution in [0.3, 0.4) is 0 Å². The largest absolute Gasteiger partial charge is 0.478 e. The Morgan fingerprint density at radius 2 is 1.66 bits per heavy atom. The van der Waals surface area contributed by atoms with E-state index < -0.39 is 5.97 Å². The van der Waals surface area contributed by atoms with Crippen molar-refractivity contribution in [3.8, 4) is 0 Å². The molecular weight excluding hydrogens is 460 g/mol. The molecule has 0 radical (unpaired) electrons. The maximum absolute atomic E-state index is 13.2. The van der Waals surface area contributed by atoms with Gasteiger partial charge in [0, 0.05) is 29.4 Å². The van der Waals surface area contributed by atoms with Gasteiger partial charge in [0.05, 0.1) is 18.0 Å². The van der Waals surface area contributed by atoms with Crippen LogP contribution >= 0.6 is 11.6 Å². The maximum Gasteiger partial charge on any atom is 0.335 e. The van der Waals surface area contributed by atoms with E-state index in [2.05, 4.69) is 30.1 Å². The number of piperidine rings is 1. The summed E-state index contributed by atoms with van der Waals surface area (Å²) in [5, 5.41) is 13.0. The van der Waals surface area contributed by atoms with Crippen LogP contribution in [0.25, 0.3) is 0 Å². The van der Waals surface area contributed by atoms with Gasteiger partial charge in [-0.25, -0.2) is 4.79 Å². The molecule has 1 aliphatic rings. The lowest BCUT2D eigenvalue weighted by Gasteiger charge is -2.38. The number of hydrogen-bond acceptors (Lipinski definition) is 3. The van der Waals surface area contributed by atoms with Gasteiger partial charge in [-0.05, 0) is 59.7 Å². The summed E-state index contributed by atoms with van der Waals surface area (Å²) in [5.74, 6) is 0.0369. The molecule has 5 nitrogen and oxygen atoms in total. The lowest BCUT2D eigenvalue weighted by Crippen LogP contribution is -2.40.